The number of fused-ring (bicyclic) bond motifs is 1. The van der Waals surface area contributed by atoms with E-state index in [1.54, 1.807) is 20.8 Å². The van der Waals surface area contributed by atoms with Gasteiger partial charge in [0.15, 0.2) is 15.0 Å². The van der Waals surface area contributed by atoms with Gasteiger partial charge in [0.25, 0.3) is 0 Å². The second kappa shape index (κ2) is 11.0. The van der Waals surface area contributed by atoms with E-state index < -0.39 is 27.4 Å². The Balaban J connectivity index is 1.73. The molecule has 2 saturated heterocycles. The minimum atomic E-state index is -3.16. The Hall–Kier alpha value is -2.27. The summed E-state index contributed by atoms with van der Waals surface area (Å²) in [7, 11) is -3.16. The summed E-state index contributed by atoms with van der Waals surface area (Å²) in [6.45, 7) is 8.06. The van der Waals surface area contributed by atoms with E-state index in [0.29, 0.717) is 17.5 Å². The Morgan fingerprint density at radius 2 is 2.03 bits per heavy atom. The zero-order valence-electron chi connectivity index (χ0n) is 20.1. The minimum Gasteiger partial charge on any atom is -0.494 e. The molecule has 1 aromatic rings. The monoisotopic (exact) mass is 511 g/mol. The number of amides is 2. The van der Waals surface area contributed by atoms with E-state index >= 15 is 0 Å². The lowest BCUT2D eigenvalue weighted by atomic mass is 10.2. The fraction of sp³-hybridized carbons (Fsp3) is 0.609. The molecule has 0 radical (unpaired) electrons. The Bertz CT molecular complexity index is 1040. The third kappa shape index (κ3) is 7.36. The van der Waals surface area contributed by atoms with Crippen molar-refractivity contribution in [2.45, 2.75) is 63.9 Å². The fourth-order valence-electron chi connectivity index (χ4n) is 3.67. The number of hydrogen-bond acceptors (Lipinski definition) is 7. The quantitative estimate of drug-likeness (QED) is 0.529. The maximum atomic E-state index is 12.6. The van der Waals surface area contributed by atoms with Crippen LogP contribution in [0.15, 0.2) is 29.3 Å². The molecule has 0 saturated carbocycles. The van der Waals surface area contributed by atoms with Crippen LogP contribution in [0.4, 0.5) is 10.5 Å². The number of sulfone groups is 1. The lowest BCUT2D eigenvalue weighted by Crippen LogP contribution is -2.38. The SMILES string of the molecule is CCCCOc1cccc(N2C(=NC(=O)CCNC(=O)OC(C)(C)C)SC3CS(=O)(=O)CC32)c1. The molecule has 0 aliphatic carbocycles. The highest BCUT2D eigenvalue weighted by Gasteiger charge is 2.49. The van der Waals surface area contributed by atoms with Crippen LogP contribution in [0.5, 0.6) is 5.75 Å². The van der Waals surface area contributed by atoms with Crippen molar-refractivity contribution in [2.75, 3.05) is 29.6 Å². The van der Waals surface area contributed by atoms with Gasteiger partial charge in [0.1, 0.15) is 11.4 Å². The molecule has 0 aromatic heterocycles. The first-order valence-electron chi connectivity index (χ1n) is 11.4. The van der Waals surface area contributed by atoms with Crippen LogP contribution >= 0.6 is 11.8 Å². The molecule has 0 spiro atoms. The van der Waals surface area contributed by atoms with Gasteiger partial charge >= 0.3 is 6.09 Å². The molecule has 1 N–H and O–H groups in total. The number of anilines is 1. The van der Waals surface area contributed by atoms with Crippen LogP contribution in [0, 0.1) is 0 Å². The summed E-state index contributed by atoms with van der Waals surface area (Å²) in [5.41, 5.74) is 0.118. The maximum Gasteiger partial charge on any atom is 0.407 e. The molecule has 2 aliphatic heterocycles. The van der Waals surface area contributed by atoms with E-state index in [4.69, 9.17) is 9.47 Å². The molecule has 2 amide bonds. The van der Waals surface area contributed by atoms with Crippen LogP contribution in [-0.2, 0) is 19.4 Å². The summed E-state index contributed by atoms with van der Waals surface area (Å²) >= 11 is 1.31. The van der Waals surface area contributed by atoms with Gasteiger partial charge in [0, 0.05) is 30.0 Å². The number of thioether (sulfide) groups is 1. The van der Waals surface area contributed by atoms with Crippen LogP contribution in [-0.4, -0.2) is 67.1 Å². The molecule has 2 heterocycles. The zero-order chi connectivity index (χ0) is 24.9. The lowest BCUT2D eigenvalue weighted by Gasteiger charge is -2.25. The topological polar surface area (TPSA) is 114 Å². The Morgan fingerprint density at radius 1 is 1.26 bits per heavy atom. The first kappa shape index (κ1) is 26.3. The summed E-state index contributed by atoms with van der Waals surface area (Å²) < 4.78 is 35.5. The highest BCUT2D eigenvalue weighted by atomic mass is 32.2. The molecule has 2 atom stereocenters. The second-order valence-corrected chi connectivity index (χ2v) is 12.7. The number of ether oxygens (including phenoxy) is 2. The summed E-state index contributed by atoms with van der Waals surface area (Å²) in [6.07, 6.45) is 1.37. The minimum absolute atomic E-state index is 0.00490. The van der Waals surface area contributed by atoms with Gasteiger partial charge < -0.3 is 19.7 Å². The smallest absolute Gasteiger partial charge is 0.407 e. The molecule has 0 bridgehead atoms. The number of unbranched alkanes of at least 4 members (excludes halogenated alkanes) is 1. The third-order valence-electron chi connectivity index (χ3n) is 5.16. The van der Waals surface area contributed by atoms with Crippen molar-refractivity contribution >= 4 is 44.5 Å². The average Bonchev–Trinajstić information content (AvgIpc) is 3.17. The van der Waals surface area contributed by atoms with Crippen molar-refractivity contribution in [3.8, 4) is 5.75 Å². The largest absolute Gasteiger partial charge is 0.494 e. The molecule has 11 heteroatoms. The molecule has 2 fully saturated rings. The van der Waals surface area contributed by atoms with E-state index in [2.05, 4.69) is 17.2 Å². The molecule has 2 unspecified atom stereocenters. The number of benzene rings is 1. The Morgan fingerprint density at radius 3 is 2.74 bits per heavy atom. The van der Waals surface area contributed by atoms with Crippen LogP contribution in [0.1, 0.15) is 47.0 Å². The summed E-state index contributed by atoms with van der Waals surface area (Å²) in [5.74, 6) is 0.354. The van der Waals surface area contributed by atoms with E-state index in [0.717, 1.165) is 18.5 Å². The molecule has 3 rings (SSSR count). The van der Waals surface area contributed by atoms with Gasteiger partial charge in [0.2, 0.25) is 5.91 Å². The molecule has 1 aromatic carbocycles. The van der Waals surface area contributed by atoms with Gasteiger partial charge in [-0.05, 0) is 39.3 Å². The number of carbonyl (C=O) groups is 2. The van der Waals surface area contributed by atoms with Gasteiger partial charge in [0.05, 0.1) is 24.2 Å². The van der Waals surface area contributed by atoms with Crippen LogP contribution in [0.2, 0.25) is 0 Å². The maximum absolute atomic E-state index is 12.6. The number of alkyl carbamates (subject to hydrolysis) is 1. The van der Waals surface area contributed by atoms with E-state index in [-0.39, 0.29) is 35.8 Å². The van der Waals surface area contributed by atoms with Crippen molar-refractivity contribution in [3.63, 3.8) is 0 Å². The first-order valence-corrected chi connectivity index (χ1v) is 14.1. The van der Waals surface area contributed by atoms with Crippen LogP contribution in [0.25, 0.3) is 0 Å². The van der Waals surface area contributed by atoms with Crippen molar-refractivity contribution < 1.29 is 27.5 Å². The normalized spacial score (nSPS) is 22.5. The summed E-state index contributed by atoms with van der Waals surface area (Å²) in [5, 5.41) is 2.83. The van der Waals surface area contributed by atoms with E-state index in [1.807, 2.05) is 29.2 Å². The lowest BCUT2D eigenvalue weighted by molar-refractivity contribution is -0.117. The fourth-order valence-corrected chi connectivity index (χ4v) is 7.60. The van der Waals surface area contributed by atoms with Crippen LogP contribution in [0.3, 0.4) is 0 Å². The number of rotatable bonds is 8. The zero-order valence-corrected chi connectivity index (χ0v) is 21.7. The Labute approximate surface area is 205 Å². The number of amidine groups is 1. The summed E-state index contributed by atoms with van der Waals surface area (Å²) in [4.78, 5) is 30.5. The van der Waals surface area contributed by atoms with Crippen molar-refractivity contribution in [1.82, 2.24) is 5.32 Å². The van der Waals surface area contributed by atoms with Crippen molar-refractivity contribution in [1.29, 1.82) is 0 Å². The van der Waals surface area contributed by atoms with Gasteiger partial charge in [-0.1, -0.05) is 31.2 Å². The molecule has 188 valence electrons. The second-order valence-electron chi connectivity index (χ2n) is 9.34. The number of nitrogens with zero attached hydrogens (tertiary/aromatic N) is 2. The molecule has 2 aliphatic rings. The van der Waals surface area contributed by atoms with Gasteiger partial charge in [-0.15, -0.1) is 0 Å². The molecular weight excluding hydrogens is 478 g/mol. The third-order valence-corrected chi connectivity index (χ3v) is 8.37. The highest BCUT2D eigenvalue weighted by molar-refractivity contribution is 8.16. The average molecular weight is 512 g/mol. The number of hydrogen-bond donors (Lipinski definition) is 1. The number of carbonyl (C=O) groups excluding carboxylic acids is 2. The standard InChI is InChI=1S/C23H33N3O6S2/c1-5-6-12-31-17-9-7-8-16(13-17)26-18-14-34(29,30)15-19(18)33-21(26)25-20(27)10-11-24-22(28)32-23(2,3)4/h7-9,13,18-19H,5-6,10-12,14-15H2,1-4H3,(H,24,28). The summed E-state index contributed by atoms with van der Waals surface area (Å²) in [6, 6.07) is 7.13. The predicted octanol–water partition coefficient (Wildman–Crippen LogP) is 3.38. The molecule has 9 nitrogen and oxygen atoms in total. The molecule has 34 heavy (non-hydrogen) atoms. The number of nitrogens with one attached hydrogen (secondary N) is 1. The Kier molecular flexibility index (Phi) is 8.51. The highest BCUT2D eigenvalue weighted by Crippen LogP contribution is 2.41. The van der Waals surface area contributed by atoms with Gasteiger partial charge in [-0.2, -0.15) is 4.99 Å². The predicted molar refractivity (Wildman–Crippen MR) is 134 cm³/mol. The van der Waals surface area contributed by atoms with Crippen LogP contribution < -0.4 is 15.0 Å². The first-order chi connectivity index (χ1) is 16.0. The molecular formula is C23H33N3O6S2. The van der Waals surface area contributed by atoms with Gasteiger partial charge in [-0.3, -0.25) is 4.79 Å². The number of aliphatic imine (C=N–C) groups is 1. The van der Waals surface area contributed by atoms with Crippen molar-refractivity contribution in [3.05, 3.63) is 24.3 Å². The van der Waals surface area contributed by atoms with Crippen molar-refractivity contribution in [2.24, 2.45) is 4.99 Å². The van der Waals surface area contributed by atoms with Gasteiger partial charge in [-0.25, -0.2) is 13.2 Å². The van der Waals surface area contributed by atoms with E-state index in [9.17, 15) is 18.0 Å². The van der Waals surface area contributed by atoms with E-state index in [1.165, 1.54) is 11.8 Å².